The molecule has 3 heteroatoms. The van der Waals surface area contributed by atoms with Crippen LogP contribution in [0.4, 0.5) is 5.69 Å². The molecule has 4 fully saturated rings. The minimum Gasteiger partial charge on any atom is -0.274 e. The van der Waals surface area contributed by atoms with E-state index in [1.165, 1.54) is 4.90 Å². The molecule has 1 saturated heterocycles. The molecule has 1 aromatic rings. The second-order valence-electron chi connectivity index (χ2n) is 8.39. The van der Waals surface area contributed by atoms with Crippen LogP contribution < -0.4 is 4.90 Å². The van der Waals surface area contributed by atoms with Crippen LogP contribution in [0.25, 0.3) is 0 Å². The number of imide groups is 1. The monoisotopic (exact) mass is 315 g/mol. The molecular weight excluding hydrogens is 298 g/mol. The van der Waals surface area contributed by atoms with Crippen LogP contribution in [-0.2, 0) is 9.59 Å². The van der Waals surface area contributed by atoms with Crippen molar-refractivity contribution in [1.82, 2.24) is 0 Å². The lowest BCUT2D eigenvalue weighted by molar-refractivity contribution is -0.124. The standard InChI is InChI=1S/C21H17NO2/c23-20-18-16-13-9-6-7-11-12(8-9)15(16)17(14(11)13)19(18)21(24)22(20)10-4-2-1-3-5-10/h1-9,11,13-19H/t9-,11+,13-,14+,15-,16-,17+,18-,19+/m1/s1. The molecule has 0 unspecified atom stereocenters. The van der Waals surface area contributed by atoms with Crippen molar-refractivity contribution in [1.29, 1.82) is 0 Å². The van der Waals surface area contributed by atoms with E-state index in [1.807, 2.05) is 30.3 Å². The number of carbonyl (C=O) groups is 2. The highest BCUT2D eigenvalue weighted by Gasteiger charge is 2.78. The number of anilines is 1. The van der Waals surface area contributed by atoms with E-state index in [4.69, 9.17) is 0 Å². The van der Waals surface area contributed by atoms with Gasteiger partial charge < -0.3 is 0 Å². The first kappa shape index (κ1) is 12.2. The Labute approximate surface area is 140 Å². The first-order chi connectivity index (χ1) is 11.8. The molecule has 9 rings (SSSR count). The fourth-order valence-corrected chi connectivity index (χ4v) is 7.64. The smallest absolute Gasteiger partial charge is 0.238 e. The molecule has 8 bridgehead atoms. The van der Waals surface area contributed by atoms with E-state index in [1.54, 1.807) is 5.57 Å². The zero-order valence-electron chi connectivity index (χ0n) is 13.1. The van der Waals surface area contributed by atoms with Gasteiger partial charge in [-0.1, -0.05) is 42.0 Å². The second-order valence-corrected chi connectivity index (χ2v) is 8.39. The van der Waals surface area contributed by atoms with Crippen molar-refractivity contribution in [3.05, 3.63) is 54.1 Å². The maximum absolute atomic E-state index is 13.2. The third-order valence-electron chi connectivity index (χ3n) is 7.96. The summed E-state index contributed by atoms with van der Waals surface area (Å²) in [5.41, 5.74) is 2.32. The van der Waals surface area contributed by atoms with E-state index in [9.17, 15) is 9.59 Å². The van der Waals surface area contributed by atoms with Gasteiger partial charge in [-0.15, -0.1) is 0 Å². The molecule has 0 N–H and O–H groups in total. The largest absolute Gasteiger partial charge is 0.274 e. The number of para-hydroxylation sites is 1. The van der Waals surface area contributed by atoms with Gasteiger partial charge in [-0.2, -0.15) is 0 Å². The molecule has 9 atom stereocenters. The number of hydrogen-bond acceptors (Lipinski definition) is 2. The number of amides is 2. The summed E-state index contributed by atoms with van der Waals surface area (Å²) in [6.07, 6.45) is 7.22. The number of carbonyl (C=O) groups excluding carboxylic acids is 2. The summed E-state index contributed by atoms with van der Waals surface area (Å²) in [4.78, 5) is 27.9. The zero-order valence-corrected chi connectivity index (χ0v) is 13.1. The van der Waals surface area contributed by atoms with Gasteiger partial charge in [0.15, 0.2) is 0 Å². The average Bonchev–Trinajstić information content (AvgIpc) is 3.29. The van der Waals surface area contributed by atoms with Gasteiger partial charge in [0.05, 0.1) is 17.5 Å². The van der Waals surface area contributed by atoms with E-state index < -0.39 is 0 Å². The molecule has 3 saturated carbocycles. The number of benzene rings is 1. The molecule has 118 valence electrons. The van der Waals surface area contributed by atoms with Gasteiger partial charge in [0.2, 0.25) is 11.8 Å². The van der Waals surface area contributed by atoms with E-state index in [-0.39, 0.29) is 23.7 Å². The van der Waals surface area contributed by atoms with Crippen molar-refractivity contribution >= 4 is 17.5 Å². The summed E-state index contributed by atoms with van der Waals surface area (Å²) in [5, 5.41) is 0. The maximum Gasteiger partial charge on any atom is 0.238 e. The Morgan fingerprint density at radius 3 is 2.21 bits per heavy atom. The molecule has 1 heterocycles. The van der Waals surface area contributed by atoms with Crippen LogP contribution in [0.2, 0.25) is 0 Å². The molecule has 0 radical (unpaired) electrons. The lowest BCUT2D eigenvalue weighted by Crippen LogP contribution is -2.47. The topological polar surface area (TPSA) is 37.4 Å². The molecule has 1 aromatic carbocycles. The quantitative estimate of drug-likeness (QED) is 0.590. The van der Waals surface area contributed by atoms with Crippen molar-refractivity contribution in [3.63, 3.8) is 0 Å². The Morgan fingerprint density at radius 2 is 1.46 bits per heavy atom. The second kappa shape index (κ2) is 3.58. The third-order valence-corrected chi connectivity index (χ3v) is 7.96. The molecule has 0 aromatic heterocycles. The van der Waals surface area contributed by atoms with Gasteiger partial charge in [-0.25, -0.2) is 0 Å². The number of rotatable bonds is 1. The summed E-state index contributed by atoms with van der Waals surface area (Å²) >= 11 is 0. The highest BCUT2D eigenvalue weighted by atomic mass is 16.2. The van der Waals surface area contributed by atoms with Crippen molar-refractivity contribution in [2.24, 2.45) is 53.3 Å². The van der Waals surface area contributed by atoms with Gasteiger partial charge in [-0.05, 0) is 47.6 Å². The van der Waals surface area contributed by atoms with Gasteiger partial charge in [0.25, 0.3) is 0 Å². The summed E-state index contributed by atoms with van der Waals surface area (Å²) in [6, 6.07) is 9.49. The van der Waals surface area contributed by atoms with Gasteiger partial charge in [0.1, 0.15) is 0 Å². The van der Waals surface area contributed by atoms with Crippen LogP contribution in [0.1, 0.15) is 0 Å². The van der Waals surface area contributed by atoms with E-state index >= 15 is 0 Å². The van der Waals surface area contributed by atoms with E-state index in [2.05, 4.69) is 18.2 Å². The number of hydrogen-bond donors (Lipinski definition) is 0. The van der Waals surface area contributed by atoms with E-state index in [0.29, 0.717) is 41.4 Å². The highest BCUT2D eigenvalue weighted by molar-refractivity contribution is 6.22. The summed E-state index contributed by atoms with van der Waals surface area (Å²) in [6.45, 7) is 0. The molecule has 0 spiro atoms. The fraction of sp³-hybridized carbons (Fsp3) is 0.429. The van der Waals surface area contributed by atoms with Crippen LogP contribution in [0.15, 0.2) is 54.1 Å². The predicted molar refractivity (Wildman–Crippen MR) is 87.6 cm³/mol. The molecule has 2 amide bonds. The van der Waals surface area contributed by atoms with Crippen LogP contribution in [-0.4, -0.2) is 11.8 Å². The Kier molecular flexibility index (Phi) is 1.83. The molecule has 1 aliphatic heterocycles. The Morgan fingerprint density at radius 1 is 0.750 bits per heavy atom. The zero-order chi connectivity index (χ0) is 15.7. The minimum atomic E-state index is -0.0624. The predicted octanol–water partition coefficient (Wildman–Crippen LogP) is 2.66. The van der Waals surface area contributed by atoms with Crippen LogP contribution in [0.3, 0.4) is 0 Å². The normalized spacial score (nSPS) is 51.1. The fourth-order valence-electron chi connectivity index (χ4n) is 7.64. The summed E-state index contributed by atoms with van der Waals surface area (Å²) in [5.74, 6) is 3.71. The molecule has 24 heavy (non-hydrogen) atoms. The van der Waals surface area contributed by atoms with Crippen LogP contribution in [0, 0.1) is 53.3 Å². The number of fused-ring (bicyclic) bond motifs is 1. The molecule has 7 aliphatic carbocycles. The van der Waals surface area contributed by atoms with Crippen molar-refractivity contribution in [2.45, 2.75) is 0 Å². The molecular formula is C21H17NO2. The lowest BCUT2D eigenvalue weighted by Gasteiger charge is -2.50. The third kappa shape index (κ3) is 1.03. The van der Waals surface area contributed by atoms with E-state index in [0.717, 1.165) is 5.69 Å². The first-order valence-electron chi connectivity index (χ1n) is 9.10. The Bertz CT molecular complexity index is 854. The van der Waals surface area contributed by atoms with Crippen LogP contribution in [0.5, 0.6) is 0 Å². The van der Waals surface area contributed by atoms with Crippen LogP contribution >= 0.6 is 0 Å². The van der Waals surface area contributed by atoms with Gasteiger partial charge >= 0.3 is 0 Å². The highest BCUT2D eigenvalue weighted by Crippen LogP contribution is 2.78. The van der Waals surface area contributed by atoms with Gasteiger partial charge in [0, 0.05) is 5.92 Å². The Balaban J connectivity index is 1.38. The number of allylic oxidation sites excluding steroid dienone is 4. The average molecular weight is 315 g/mol. The SMILES string of the molecule is O=C1[C@@H]2[C@H](C(=O)N1c1ccccc1)[C@H]1[C@H]3C4=C[C@H]5C=C[C@@H]4[C@H]([C@H]23)[C@@H]51. The lowest BCUT2D eigenvalue weighted by atomic mass is 9.53. The maximum atomic E-state index is 13.2. The summed E-state index contributed by atoms with van der Waals surface area (Å²) < 4.78 is 0. The molecule has 3 nitrogen and oxygen atoms in total. The Hall–Kier alpha value is -2.16. The van der Waals surface area contributed by atoms with Crippen molar-refractivity contribution in [3.8, 4) is 0 Å². The first-order valence-corrected chi connectivity index (χ1v) is 9.10. The number of nitrogens with zero attached hydrogens (tertiary/aromatic N) is 1. The van der Waals surface area contributed by atoms with Crippen molar-refractivity contribution in [2.75, 3.05) is 4.90 Å². The molecule has 8 aliphatic rings. The minimum absolute atomic E-state index is 0.0624. The summed E-state index contributed by atoms with van der Waals surface area (Å²) in [7, 11) is 0. The van der Waals surface area contributed by atoms with Gasteiger partial charge in [-0.3, -0.25) is 14.5 Å². The van der Waals surface area contributed by atoms with Crippen molar-refractivity contribution < 1.29 is 9.59 Å².